The van der Waals surface area contributed by atoms with Gasteiger partial charge in [-0.25, -0.2) is 0 Å². The van der Waals surface area contributed by atoms with Gasteiger partial charge in [0.25, 0.3) is 5.91 Å². The normalized spacial score (nSPS) is 10.4. The Bertz CT molecular complexity index is 800. The van der Waals surface area contributed by atoms with E-state index in [1.165, 1.54) is 0 Å². The smallest absolute Gasteiger partial charge is 0.258 e. The average molecular weight is 322 g/mol. The highest BCUT2D eigenvalue weighted by atomic mass is 16.5. The summed E-state index contributed by atoms with van der Waals surface area (Å²) in [6.45, 7) is 0.321. The molecule has 6 nitrogen and oxygen atoms in total. The van der Waals surface area contributed by atoms with Crippen molar-refractivity contribution in [2.75, 3.05) is 6.61 Å². The molecular formula is C18H18N4O2. The first kappa shape index (κ1) is 15.7. The van der Waals surface area contributed by atoms with Crippen molar-refractivity contribution in [2.24, 2.45) is 7.05 Å². The lowest BCUT2D eigenvalue weighted by Crippen LogP contribution is -2.28. The number of benzene rings is 1. The first-order valence-electron chi connectivity index (χ1n) is 7.61. The van der Waals surface area contributed by atoms with E-state index in [1.807, 2.05) is 61.6 Å². The third-order valence-electron chi connectivity index (χ3n) is 3.44. The average Bonchev–Trinajstić information content (AvgIpc) is 3.00. The second-order valence-electron chi connectivity index (χ2n) is 5.24. The van der Waals surface area contributed by atoms with Crippen LogP contribution in [-0.2, 0) is 18.4 Å². The van der Waals surface area contributed by atoms with Gasteiger partial charge in [-0.15, -0.1) is 0 Å². The number of aryl methyl sites for hydroxylation is 1. The third kappa shape index (κ3) is 3.98. The summed E-state index contributed by atoms with van der Waals surface area (Å²) in [4.78, 5) is 16.2. The number of hydrogen-bond donors (Lipinski definition) is 1. The van der Waals surface area contributed by atoms with E-state index in [9.17, 15) is 4.79 Å². The quantitative estimate of drug-likeness (QED) is 0.755. The van der Waals surface area contributed by atoms with E-state index < -0.39 is 0 Å². The van der Waals surface area contributed by atoms with Gasteiger partial charge in [-0.3, -0.25) is 14.5 Å². The van der Waals surface area contributed by atoms with Gasteiger partial charge in [-0.2, -0.15) is 5.10 Å². The zero-order chi connectivity index (χ0) is 16.8. The number of pyridine rings is 1. The van der Waals surface area contributed by atoms with Crippen LogP contribution in [0.25, 0.3) is 11.4 Å². The Morgan fingerprint density at radius 2 is 1.96 bits per heavy atom. The summed E-state index contributed by atoms with van der Waals surface area (Å²) in [5.41, 5.74) is 2.52. The molecule has 0 spiro atoms. The molecule has 0 saturated heterocycles. The van der Waals surface area contributed by atoms with E-state index in [4.69, 9.17) is 4.74 Å². The molecule has 2 heterocycles. The standard InChI is InChI=1S/C18H18N4O2/c1-22-17(16-9-5-6-10-19-16)11-14(21-22)12-20-18(23)13-24-15-7-3-2-4-8-15/h2-11H,12-13H2,1H3,(H,20,23). The van der Waals surface area contributed by atoms with Gasteiger partial charge in [-0.05, 0) is 30.3 Å². The second-order valence-corrected chi connectivity index (χ2v) is 5.24. The minimum Gasteiger partial charge on any atom is -0.484 e. The Morgan fingerprint density at radius 1 is 1.17 bits per heavy atom. The molecule has 0 radical (unpaired) electrons. The summed E-state index contributed by atoms with van der Waals surface area (Å²) in [5, 5.41) is 7.20. The van der Waals surface area contributed by atoms with Crippen molar-refractivity contribution < 1.29 is 9.53 Å². The van der Waals surface area contributed by atoms with Crippen molar-refractivity contribution in [1.82, 2.24) is 20.1 Å². The molecule has 0 aliphatic carbocycles. The van der Waals surface area contributed by atoms with E-state index in [1.54, 1.807) is 10.9 Å². The number of amides is 1. The molecule has 3 rings (SSSR count). The summed E-state index contributed by atoms with van der Waals surface area (Å²) < 4.78 is 7.16. The topological polar surface area (TPSA) is 69.0 Å². The minimum absolute atomic E-state index is 0.0239. The van der Waals surface area contributed by atoms with Gasteiger partial charge in [-0.1, -0.05) is 24.3 Å². The zero-order valence-corrected chi connectivity index (χ0v) is 13.3. The number of nitrogens with zero attached hydrogens (tertiary/aromatic N) is 3. The monoisotopic (exact) mass is 322 g/mol. The van der Waals surface area contributed by atoms with E-state index >= 15 is 0 Å². The molecule has 0 unspecified atom stereocenters. The second kappa shape index (κ2) is 7.41. The number of rotatable bonds is 6. The van der Waals surface area contributed by atoms with E-state index in [2.05, 4.69) is 15.4 Å². The molecule has 122 valence electrons. The molecule has 1 N–H and O–H groups in total. The summed E-state index contributed by atoms with van der Waals surface area (Å²) in [5.74, 6) is 0.479. The van der Waals surface area contributed by atoms with Gasteiger partial charge in [0, 0.05) is 13.2 Å². The maximum Gasteiger partial charge on any atom is 0.258 e. The number of nitrogens with one attached hydrogen (secondary N) is 1. The molecule has 0 fully saturated rings. The summed E-state index contributed by atoms with van der Waals surface area (Å²) >= 11 is 0. The molecular weight excluding hydrogens is 304 g/mol. The highest BCUT2D eigenvalue weighted by Gasteiger charge is 2.09. The number of aromatic nitrogens is 3. The SMILES string of the molecule is Cn1nc(CNC(=O)COc2ccccc2)cc1-c1ccccn1. The van der Waals surface area contributed by atoms with Crippen LogP contribution < -0.4 is 10.1 Å². The zero-order valence-electron chi connectivity index (χ0n) is 13.3. The molecule has 1 aromatic carbocycles. The lowest BCUT2D eigenvalue weighted by molar-refractivity contribution is -0.123. The number of ether oxygens (including phenoxy) is 1. The van der Waals surface area contributed by atoms with Crippen LogP contribution in [0.3, 0.4) is 0 Å². The molecule has 3 aromatic rings. The number of carbonyl (C=O) groups excluding carboxylic acids is 1. The van der Waals surface area contributed by atoms with Crippen LogP contribution in [0.5, 0.6) is 5.75 Å². The van der Waals surface area contributed by atoms with Gasteiger partial charge < -0.3 is 10.1 Å². The molecule has 0 saturated carbocycles. The summed E-state index contributed by atoms with van der Waals surface area (Å²) in [6.07, 6.45) is 1.74. The first-order chi connectivity index (χ1) is 11.7. The van der Waals surface area contributed by atoms with Crippen LogP contribution in [0.4, 0.5) is 0 Å². The van der Waals surface area contributed by atoms with Crippen molar-refractivity contribution in [3.8, 4) is 17.1 Å². The van der Waals surface area contributed by atoms with Gasteiger partial charge in [0.05, 0.1) is 23.6 Å². The molecule has 0 aliphatic heterocycles. The molecule has 1 amide bonds. The highest BCUT2D eigenvalue weighted by Crippen LogP contribution is 2.16. The van der Waals surface area contributed by atoms with Crippen molar-refractivity contribution >= 4 is 5.91 Å². The fraction of sp³-hybridized carbons (Fsp3) is 0.167. The van der Waals surface area contributed by atoms with Crippen LogP contribution in [0.15, 0.2) is 60.8 Å². The summed E-state index contributed by atoms with van der Waals surface area (Å²) in [6, 6.07) is 16.9. The Balaban J connectivity index is 1.54. The molecule has 0 bridgehead atoms. The lowest BCUT2D eigenvalue weighted by Gasteiger charge is -2.06. The van der Waals surface area contributed by atoms with Gasteiger partial charge >= 0.3 is 0 Å². The Morgan fingerprint density at radius 3 is 2.71 bits per heavy atom. The van der Waals surface area contributed by atoms with Crippen LogP contribution in [0, 0.1) is 0 Å². The van der Waals surface area contributed by atoms with Gasteiger partial charge in [0.2, 0.25) is 0 Å². The Hall–Kier alpha value is -3.15. The lowest BCUT2D eigenvalue weighted by atomic mass is 10.2. The Kier molecular flexibility index (Phi) is 4.86. The largest absolute Gasteiger partial charge is 0.484 e. The predicted molar refractivity (Wildman–Crippen MR) is 90.2 cm³/mol. The molecule has 0 atom stereocenters. The van der Waals surface area contributed by atoms with E-state index in [0.717, 1.165) is 17.1 Å². The van der Waals surface area contributed by atoms with Crippen LogP contribution in [0.2, 0.25) is 0 Å². The van der Waals surface area contributed by atoms with Crippen molar-refractivity contribution in [3.63, 3.8) is 0 Å². The number of para-hydroxylation sites is 1. The molecule has 24 heavy (non-hydrogen) atoms. The van der Waals surface area contributed by atoms with Crippen LogP contribution >= 0.6 is 0 Å². The van der Waals surface area contributed by atoms with Crippen molar-refractivity contribution in [2.45, 2.75) is 6.54 Å². The third-order valence-corrected chi connectivity index (χ3v) is 3.44. The van der Waals surface area contributed by atoms with Crippen LogP contribution in [-0.4, -0.2) is 27.3 Å². The molecule has 0 aliphatic rings. The fourth-order valence-corrected chi connectivity index (χ4v) is 2.27. The first-order valence-corrected chi connectivity index (χ1v) is 7.61. The highest BCUT2D eigenvalue weighted by molar-refractivity contribution is 5.77. The van der Waals surface area contributed by atoms with Crippen molar-refractivity contribution in [1.29, 1.82) is 0 Å². The van der Waals surface area contributed by atoms with Crippen LogP contribution in [0.1, 0.15) is 5.69 Å². The minimum atomic E-state index is -0.191. The maximum absolute atomic E-state index is 11.9. The number of carbonyl (C=O) groups is 1. The fourth-order valence-electron chi connectivity index (χ4n) is 2.27. The maximum atomic E-state index is 11.9. The summed E-state index contributed by atoms with van der Waals surface area (Å²) in [7, 11) is 1.86. The van der Waals surface area contributed by atoms with Gasteiger partial charge in [0.1, 0.15) is 5.75 Å². The van der Waals surface area contributed by atoms with E-state index in [-0.39, 0.29) is 12.5 Å². The number of hydrogen-bond acceptors (Lipinski definition) is 4. The van der Waals surface area contributed by atoms with E-state index in [0.29, 0.717) is 12.3 Å². The van der Waals surface area contributed by atoms with Gasteiger partial charge in [0.15, 0.2) is 6.61 Å². The Labute approximate surface area is 140 Å². The molecule has 2 aromatic heterocycles. The molecule has 6 heteroatoms. The van der Waals surface area contributed by atoms with Crippen molar-refractivity contribution in [3.05, 3.63) is 66.5 Å². The predicted octanol–water partition coefficient (Wildman–Crippen LogP) is 2.18.